The topological polar surface area (TPSA) is 76.0 Å². The molecule has 1 aromatic heterocycles. The first-order chi connectivity index (χ1) is 6.32. The lowest BCUT2D eigenvalue weighted by molar-refractivity contribution is 0.0892. The van der Waals surface area contributed by atoms with E-state index in [-0.39, 0.29) is 0 Å². The quantitative estimate of drug-likeness (QED) is 0.725. The van der Waals surface area contributed by atoms with Gasteiger partial charge in [0.15, 0.2) is 0 Å². The SMILES string of the molecule is NC(=O)c1ccc(C(F)(F)Cl)[nH]c1=O. The Morgan fingerprint density at radius 2 is 2.07 bits per heavy atom. The van der Waals surface area contributed by atoms with E-state index in [1.807, 2.05) is 0 Å². The number of primary amides is 1. The molecule has 14 heavy (non-hydrogen) atoms. The normalized spacial score (nSPS) is 11.4. The van der Waals surface area contributed by atoms with E-state index in [0.29, 0.717) is 0 Å². The number of halogens is 3. The summed E-state index contributed by atoms with van der Waals surface area (Å²) in [6, 6.07) is 1.72. The number of aromatic nitrogens is 1. The van der Waals surface area contributed by atoms with Gasteiger partial charge >= 0.3 is 5.38 Å². The molecular weight excluding hydrogens is 218 g/mol. The third-order valence-corrected chi connectivity index (χ3v) is 1.68. The van der Waals surface area contributed by atoms with Crippen molar-refractivity contribution in [2.45, 2.75) is 5.38 Å². The summed E-state index contributed by atoms with van der Waals surface area (Å²) in [5.74, 6) is -0.990. The number of rotatable bonds is 2. The van der Waals surface area contributed by atoms with Gasteiger partial charge in [-0.2, -0.15) is 8.78 Å². The molecule has 0 bridgehead atoms. The number of carbonyl (C=O) groups excluding carboxylic acids is 1. The Balaban J connectivity index is 3.27. The van der Waals surface area contributed by atoms with E-state index in [0.717, 1.165) is 12.1 Å². The molecular formula is C7H5ClF2N2O2. The van der Waals surface area contributed by atoms with Crippen LogP contribution in [0, 0.1) is 0 Å². The van der Waals surface area contributed by atoms with Crippen LogP contribution < -0.4 is 11.3 Å². The fourth-order valence-corrected chi connectivity index (χ4v) is 0.943. The molecule has 3 N–H and O–H groups in total. The van der Waals surface area contributed by atoms with Gasteiger partial charge in [-0.05, 0) is 23.7 Å². The predicted molar refractivity (Wildman–Crippen MR) is 45.3 cm³/mol. The van der Waals surface area contributed by atoms with Crippen molar-refractivity contribution in [1.82, 2.24) is 4.98 Å². The molecule has 1 amide bonds. The number of nitrogens with two attached hydrogens (primary N) is 1. The average Bonchev–Trinajstić information content (AvgIpc) is 2.01. The van der Waals surface area contributed by atoms with Crippen molar-refractivity contribution in [3.8, 4) is 0 Å². The number of aromatic amines is 1. The third-order valence-electron chi connectivity index (χ3n) is 1.48. The van der Waals surface area contributed by atoms with Gasteiger partial charge < -0.3 is 10.7 Å². The van der Waals surface area contributed by atoms with E-state index in [1.165, 1.54) is 0 Å². The van der Waals surface area contributed by atoms with Gasteiger partial charge in [-0.3, -0.25) is 9.59 Å². The number of H-pyrrole nitrogens is 1. The van der Waals surface area contributed by atoms with Crippen LogP contribution >= 0.6 is 11.6 Å². The Morgan fingerprint density at radius 3 is 2.43 bits per heavy atom. The Labute approximate surface area is 81.7 Å². The smallest absolute Gasteiger partial charge is 0.362 e. The first-order valence-corrected chi connectivity index (χ1v) is 3.80. The molecule has 0 fully saturated rings. The van der Waals surface area contributed by atoms with Crippen LogP contribution in [0.2, 0.25) is 0 Å². The number of hydrogen-bond donors (Lipinski definition) is 2. The van der Waals surface area contributed by atoms with Crippen LogP contribution in [0.25, 0.3) is 0 Å². The van der Waals surface area contributed by atoms with Crippen molar-refractivity contribution in [3.63, 3.8) is 0 Å². The molecule has 0 aliphatic carbocycles. The summed E-state index contributed by atoms with van der Waals surface area (Å²) >= 11 is 4.64. The highest BCUT2D eigenvalue weighted by atomic mass is 35.5. The van der Waals surface area contributed by atoms with Crippen molar-refractivity contribution in [2.75, 3.05) is 0 Å². The van der Waals surface area contributed by atoms with Crippen molar-refractivity contribution in [2.24, 2.45) is 5.73 Å². The highest BCUT2D eigenvalue weighted by Crippen LogP contribution is 2.29. The molecule has 0 unspecified atom stereocenters. The van der Waals surface area contributed by atoms with Crippen LogP contribution in [-0.4, -0.2) is 10.9 Å². The highest BCUT2D eigenvalue weighted by molar-refractivity contribution is 6.21. The van der Waals surface area contributed by atoms with Crippen LogP contribution in [0.3, 0.4) is 0 Å². The zero-order chi connectivity index (χ0) is 10.9. The van der Waals surface area contributed by atoms with Gasteiger partial charge in [0.05, 0.1) is 0 Å². The van der Waals surface area contributed by atoms with Crippen molar-refractivity contribution in [1.29, 1.82) is 0 Å². The number of amides is 1. The molecule has 0 spiro atoms. The second-order valence-corrected chi connectivity index (χ2v) is 2.95. The second-order valence-electron chi connectivity index (χ2n) is 2.48. The molecule has 4 nitrogen and oxygen atoms in total. The maximum absolute atomic E-state index is 12.4. The summed E-state index contributed by atoms with van der Waals surface area (Å²) in [5.41, 5.74) is 2.63. The summed E-state index contributed by atoms with van der Waals surface area (Å²) in [4.78, 5) is 23.3. The number of nitrogens with one attached hydrogen (secondary N) is 1. The summed E-state index contributed by atoms with van der Waals surface area (Å²) in [5, 5.41) is -3.67. The summed E-state index contributed by atoms with van der Waals surface area (Å²) in [6.07, 6.45) is 0. The fourth-order valence-electron chi connectivity index (χ4n) is 0.833. The zero-order valence-corrected chi connectivity index (χ0v) is 7.44. The molecule has 1 rings (SSSR count). The van der Waals surface area contributed by atoms with Crippen LogP contribution in [-0.2, 0) is 5.38 Å². The van der Waals surface area contributed by atoms with Crippen LogP contribution in [0.15, 0.2) is 16.9 Å². The summed E-state index contributed by atoms with van der Waals surface area (Å²) in [6.45, 7) is 0. The standard InChI is InChI=1S/C7H5ClF2N2O2/c8-7(9,10)4-2-1-3(5(11)13)6(14)12-4/h1-2H,(H2,11,13)(H,12,14). The van der Waals surface area contributed by atoms with Crippen molar-refractivity contribution >= 4 is 17.5 Å². The molecule has 0 aromatic carbocycles. The van der Waals surface area contributed by atoms with Gasteiger partial charge in [0, 0.05) is 0 Å². The highest BCUT2D eigenvalue weighted by Gasteiger charge is 2.29. The van der Waals surface area contributed by atoms with E-state index in [2.05, 4.69) is 11.6 Å². The minimum absolute atomic E-state index is 0.394. The predicted octanol–water partition coefficient (Wildman–Crippen LogP) is 0.762. The van der Waals surface area contributed by atoms with Gasteiger partial charge in [-0.15, -0.1) is 0 Å². The van der Waals surface area contributed by atoms with Crippen LogP contribution in [0.4, 0.5) is 8.78 Å². The third kappa shape index (κ3) is 2.08. The van der Waals surface area contributed by atoms with Gasteiger partial charge in [-0.25, -0.2) is 0 Å². The monoisotopic (exact) mass is 222 g/mol. The van der Waals surface area contributed by atoms with Gasteiger partial charge in [0.25, 0.3) is 11.5 Å². The number of pyridine rings is 1. The van der Waals surface area contributed by atoms with E-state index >= 15 is 0 Å². The maximum atomic E-state index is 12.4. The lowest BCUT2D eigenvalue weighted by atomic mass is 10.2. The minimum Gasteiger partial charge on any atom is -0.365 e. The van der Waals surface area contributed by atoms with Crippen LogP contribution in [0.1, 0.15) is 16.1 Å². The van der Waals surface area contributed by atoms with Gasteiger partial charge in [-0.1, -0.05) is 0 Å². The summed E-state index contributed by atoms with van der Waals surface area (Å²) in [7, 11) is 0. The zero-order valence-electron chi connectivity index (χ0n) is 6.68. The molecule has 0 saturated heterocycles. The first kappa shape index (κ1) is 10.6. The maximum Gasteiger partial charge on any atom is 0.362 e. The van der Waals surface area contributed by atoms with Gasteiger partial charge in [0.1, 0.15) is 11.3 Å². The van der Waals surface area contributed by atoms with E-state index in [4.69, 9.17) is 5.73 Å². The Bertz CT molecular complexity index is 424. The van der Waals surface area contributed by atoms with Gasteiger partial charge in [0.2, 0.25) is 0 Å². The second kappa shape index (κ2) is 3.38. The van der Waals surface area contributed by atoms with Crippen LogP contribution in [0.5, 0.6) is 0 Å². The molecule has 76 valence electrons. The van der Waals surface area contributed by atoms with E-state index < -0.39 is 28.1 Å². The molecule has 0 radical (unpaired) electrons. The molecule has 7 heteroatoms. The molecule has 0 aliphatic rings. The molecule has 1 aromatic rings. The largest absolute Gasteiger partial charge is 0.365 e. The average molecular weight is 223 g/mol. The lowest BCUT2D eigenvalue weighted by Crippen LogP contribution is -2.25. The minimum atomic E-state index is -3.67. The van der Waals surface area contributed by atoms with E-state index in [1.54, 1.807) is 4.98 Å². The molecule has 0 saturated carbocycles. The fraction of sp³-hybridized carbons (Fsp3) is 0.143. The Kier molecular flexibility index (Phi) is 2.57. The lowest BCUT2D eigenvalue weighted by Gasteiger charge is -2.07. The van der Waals surface area contributed by atoms with Crippen molar-refractivity contribution in [3.05, 3.63) is 33.7 Å². The number of carbonyl (C=O) groups is 1. The van der Waals surface area contributed by atoms with E-state index in [9.17, 15) is 18.4 Å². The Morgan fingerprint density at radius 1 is 1.50 bits per heavy atom. The molecule has 1 heterocycles. The summed E-state index contributed by atoms with van der Waals surface area (Å²) < 4.78 is 24.9. The first-order valence-electron chi connectivity index (χ1n) is 3.42. The number of alkyl halides is 3. The Hall–Kier alpha value is -1.43. The number of hydrogen-bond acceptors (Lipinski definition) is 2. The molecule has 0 atom stereocenters. The van der Waals surface area contributed by atoms with Crippen molar-refractivity contribution < 1.29 is 13.6 Å². The molecule has 0 aliphatic heterocycles.